The summed E-state index contributed by atoms with van der Waals surface area (Å²) < 4.78 is 5.91. The molecule has 4 heteroatoms. The molecular weight excluding hydrogens is 252 g/mol. The van der Waals surface area contributed by atoms with E-state index in [2.05, 4.69) is 10.3 Å². The topological polar surface area (TPSA) is 54.4 Å². The molecule has 2 aromatic rings. The monoisotopic (exact) mass is 270 g/mol. The van der Waals surface area contributed by atoms with Gasteiger partial charge < -0.3 is 15.2 Å². The van der Waals surface area contributed by atoms with Gasteiger partial charge in [-0.3, -0.25) is 0 Å². The highest BCUT2D eigenvalue weighted by molar-refractivity contribution is 5.60. The number of anilines is 2. The number of hydrogen-bond acceptors (Lipinski definition) is 4. The van der Waals surface area contributed by atoms with Crippen LogP contribution < -0.4 is 10.1 Å². The Bertz CT molecular complexity index is 566. The Morgan fingerprint density at radius 1 is 1.15 bits per heavy atom. The maximum Gasteiger partial charge on any atom is 0.130 e. The molecule has 1 aromatic carbocycles. The minimum absolute atomic E-state index is 0.193. The number of rotatable bonds is 4. The lowest BCUT2D eigenvalue weighted by atomic mass is 10.2. The van der Waals surface area contributed by atoms with Gasteiger partial charge in [0.05, 0.1) is 6.10 Å². The first-order valence-corrected chi connectivity index (χ1v) is 6.98. The van der Waals surface area contributed by atoms with Crippen LogP contribution in [0, 0.1) is 0 Å². The van der Waals surface area contributed by atoms with E-state index in [1.54, 1.807) is 18.3 Å². The molecular formula is C16H18N2O2. The van der Waals surface area contributed by atoms with Crippen molar-refractivity contribution < 1.29 is 9.84 Å². The molecule has 2 N–H and O–H groups in total. The number of aromatic nitrogens is 1. The normalized spacial score (nSPS) is 15.2. The van der Waals surface area contributed by atoms with Crippen molar-refractivity contribution in [3.63, 3.8) is 0 Å². The van der Waals surface area contributed by atoms with Crippen molar-refractivity contribution in [3.05, 3.63) is 42.6 Å². The second-order valence-electron chi connectivity index (χ2n) is 5.08. The fourth-order valence-electron chi connectivity index (χ4n) is 2.51. The van der Waals surface area contributed by atoms with Crippen molar-refractivity contribution in [2.75, 3.05) is 5.32 Å². The largest absolute Gasteiger partial charge is 0.508 e. The first-order valence-electron chi connectivity index (χ1n) is 6.98. The number of nitrogens with one attached hydrogen (secondary N) is 1. The van der Waals surface area contributed by atoms with E-state index in [9.17, 15) is 5.11 Å². The lowest BCUT2D eigenvalue weighted by Crippen LogP contribution is -2.10. The number of pyridine rings is 1. The number of ether oxygens (including phenoxy) is 1. The highest BCUT2D eigenvalue weighted by Crippen LogP contribution is 2.30. The molecule has 0 spiro atoms. The van der Waals surface area contributed by atoms with Crippen LogP contribution in [0.2, 0.25) is 0 Å². The quantitative estimate of drug-likeness (QED) is 0.886. The molecule has 4 nitrogen and oxygen atoms in total. The van der Waals surface area contributed by atoms with Crippen LogP contribution in [-0.2, 0) is 0 Å². The Balaban J connectivity index is 1.75. The van der Waals surface area contributed by atoms with Crippen molar-refractivity contribution >= 4 is 11.5 Å². The zero-order chi connectivity index (χ0) is 13.8. The average molecular weight is 270 g/mol. The fraction of sp³-hybridized carbons (Fsp3) is 0.312. The number of phenols is 1. The summed E-state index contributed by atoms with van der Waals surface area (Å²) in [6.45, 7) is 0. The molecule has 0 aliphatic heterocycles. The van der Waals surface area contributed by atoms with Crippen LogP contribution in [0.25, 0.3) is 0 Å². The van der Waals surface area contributed by atoms with Gasteiger partial charge in [0.25, 0.3) is 0 Å². The van der Waals surface area contributed by atoms with Crippen LogP contribution in [0.1, 0.15) is 25.7 Å². The summed E-state index contributed by atoms with van der Waals surface area (Å²) in [6, 6.07) is 10.9. The molecule has 1 aliphatic carbocycles. The molecule has 1 aromatic heterocycles. The first-order chi connectivity index (χ1) is 9.79. The van der Waals surface area contributed by atoms with Crippen molar-refractivity contribution in [2.45, 2.75) is 31.8 Å². The molecule has 1 fully saturated rings. The van der Waals surface area contributed by atoms with Crippen LogP contribution in [0.5, 0.6) is 11.5 Å². The fourth-order valence-corrected chi connectivity index (χ4v) is 2.51. The number of benzene rings is 1. The lowest BCUT2D eigenvalue weighted by molar-refractivity contribution is 0.209. The number of aromatic hydroxyl groups is 1. The Labute approximate surface area is 118 Å². The highest BCUT2D eigenvalue weighted by atomic mass is 16.5. The minimum Gasteiger partial charge on any atom is -0.508 e. The van der Waals surface area contributed by atoms with Gasteiger partial charge in [0.1, 0.15) is 17.3 Å². The maximum atomic E-state index is 9.81. The maximum absolute atomic E-state index is 9.81. The number of nitrogens with zero attached hydrogens (tertiary/aromatic N) is 1. The molecule has 3 rings (SSSR count). The SMILES string of the molecule is Oc1cc(Nc2ccccn2)cc(OC2CCCC2)c1. The standard InChI is InChI=1S/C16H18N2O2/c19-13-9-12(18-16-7-3-4-8-17-16)10-15(11-13)20-14-5-1-2-6-14/h3-4,7-11,14,19H,1-2,5-6H2,(H,17,18). The second-order valence-corrected chi connectivity index (χ2v) is 5.08. The van der Waals surface area contributed by atoms with Gasteiger partial charge in [-0.2, -0.15) is 0 Å². The summed E-state index contributed by atoms with van der Waals surface area (Å²) >= 11 is 0. The molecule has 20 heavy (non-hydrogen) atoms. The van der Waals surface area contributed by atoms with Crippen LogP contribution in [0.3, 0.4) is 0 Å². The third-order valence-corrected chi connectivity index (χ3v) is 3.43. The van der Waals surface area contributed by atoms with Gasteiger partial charge in [-0.1, -0.05) is 6.07 Å². The summed E-state index contributed by atoms with van der Waals surface area (Å²) in [4.78, 5) is 4.20. The van der Waals surface area contributed by atoms with Gasteiger partial charge in [-0.25, -0.2) is 4.98 Å². The van der Waals surface area contributed by atoms with Crippen LogP contribution >= 0.6 is 0 Å². The van der Waals surface area contributed by atoms with Gasteiger partial charge in [0.15, 0.2) is 0 Å². The van der Waals surface area contributed by atoms with Crippen LogP contribution in [-0.4, -0.2) is 16.2 Å². The Morgan fingerprint density at radius 3 is 2.75 bits per heavy atom. The zero-order valence-electron chi connectivity index (χ0n) is 11.2. The summed E-state index contributed by atoms with van der Waals surface area (Å²) in [5.41, 5.74) is 0.775. The van der Waals surface area contributed by atoms with Gasteiger partial charge in [0.2, 0.25) is 0 Å². The van der Waals surface area contributed by atoms with Gasteiger partial charge in [-0.15, -0.1) is 0 Å². The van der Waals surface area contributed by atoms with Gasteiger partial charge >= 0.3 is 0 Å². The third kappa shape index (κ3) is 3.20. The molecule has 1 heterocycles. The van der Waals surface area contributed by atoms with E-state index >= 15 is 0 Å². The van der Waals surface area contributed by atoms with E-state index in [-0.39, 0.29) is 11.9 Å². The Kier molecular flexibility index (Phi) is 3.72. The predicted molar refractivity (Wildman–Crippen MR) is 78.5 cm³/mol. The van der Waals surface area contributed by atoms with Crippen LogP contribution in [0.15, 0.2) is 42.6 Å². The van der Waals surface area contributed by atoms with Crippen molar-refractivity contribution in [2.24, 2.45) is 0 Å². The van der Waals surface area contributed by atoms with E-state index < -0.39 is 0 Å². The van der Waals surface area contributed by atoms with Crippen molar-refractivity contribution in [1.82, 2.24) is 4.98 Å². The van der Waals surface area contributed by atoms with E-state index in [0.29, 0.717) is 5.75 Å². The van der Waals surface area contributed by atoms with E-state index in [1.165, 1.54) is 12.8 Å². The summed E-state index contributed by atoms with van der Waals surface area (Å²) in [5.74, 6) is 1.64. The Morgan fingerprint density at radius 2 is 2.00 bits per heavy atom. The molecule has 1 aliphatic rings. The van der Waals surface area contributed by atoms with Gasteiger partial charge in [-0.05, 0) is 37.8 Å². The molecule has 0 amide bonds. The first kappa shape index (κ1) is 12.8. The van der Waals surface area contributed by atoms with Crippen LogP contribution in [0.4, 0.5) is 11.5 Å². The smallest absolute Gasteiger partial charge is 0.130 e. The van der Waals surface area contributed by atoms with Gasteiger partial charge in [0, 0.05) is 30.1 Å². The third-order valence-electron chi connectivity index (χ3n) is 3.43. The average Bonchev–Trinajstić information content (AvgIpc) is 2.92. The molecule has 0 unspecified atom stereocenters. The second kappa shape index (κ2) is 5.82. The Hall–Kier alpha value is -2.23. The molecule has 104 valence electrons. The van der Waals surface area contributed by atoms with E-state index in [1.807, 2.05) is 24.3 Å². The summed E-state index contributed by atoms with van der Waals surface area (Å²) in [5, 5.41) is 13.0. The van der Waals surface area contributed by atoms with Crippen molar-refractivity contribution in [3.8, 4) is 11.5 Å². The lowest BCUT2D eigenvalue weighted by Gasteiger charge is -2.15. The predicted octanol–water partition coefficient (Wildman–Crippen LogP) is 3.85. The van der Waals surface area contributed by atoms with E-state index in [4.69, 9.17) is 4.74 Å². The van der Waals surface area contributed by atoms with E-state index in [0.717, 1.165) is 24.3 Å². The molecule has 0 atom stereocenters. The molecule has 0 saturated heterocycles. The molecule has 1 saturated carbocycles. The molecule has 0 radical (unpaired) electrons. The van der Waals surface area contributed by atoms with Crippen molar-refractivity contribution in [1.29, 1.82) is 0 Å². The summed E-state index contributed by atoms with van der Waals surface area (Å²) in [7, 11) is 0. The molecule has 0 bridgehead atoms. The summed E-state index contributed by atoms with van der Waals surface area (Å²) in [6.07, 6.45) is 6.64. The number of hydrogen-bond donors (Lipinski definition) is 2. The minimum atomic E-state index is 0.193. The number of phenolic OH excluding ortho intramolecular Hbond substituents is 1. The zero-order valence-corrected chi connectivity index (χ0v) is 11.2. The highest BCUT2D eigenvalue weighted by Gasteiger charge is 2.17.